The van der Waals surface area contributed by atoms with E-state index in [1.54, 1.807) is 23.1 Å². The molecule has 1 saturated carbocycles. The molecule has 1 aliphatic heterocycles. The SMILES string of the molecule is CC(=O)COc1ccc(Cl)cc1CNC(=O)[C@@H]1CCCN1C(=O)[C@H](N)C1CCCCC1. The van der Waals surface area contributed by atoms with Gasteiger partial charge in [-0.3, -0.25) is 14.4 Å². The van der Waals surface area contributed by atoms with E-state index in [9.17, 15) is 14.4 Å². The van der Waals surface area contributed by atoms with Crippen molar-refractivity contribution in [1.29, 1.82) is 0 Å². The number of halogens is 1. The first-order valence-corrected chi connectivity index (χ1v) is 11.5. The Bertz CT molecular complexity index is 810. The van der Waals surface area contributed by atoms with Crippen molar-refractivity contribution >= 4 is 29.2 Å². The highest BCUT2D eigenvalue weighted by Crippen LogP contribution is 2.28. The van der Waals surface area contributed by atoms with Crippen molar-refractivity contribution in [2.45, 2.75) is 70.5 Å². The Morgan fingerprint density at radius 1 is 1.19 bits per heavy atom. The van der Waals surface area contributed by atoms with Gasteiger partial charge in [0.1, 0.15) is 18.4 Å². The van der Waals surface area contributed by atoms with Crippen LogP contribution in [-0.4, -0.2) is 47.7 Å². The van der Waals surface area contributed by atoms with Gasteiger partial charge in [0.05, 0.1) is 6.04 Å². The number of likely N-dealkylation sites (tertiary alicyclic amines) is 1. The molecular formula is C23H32ClN3O4. The molecule has 2 amide bonds. The van der Waals surface area contributed by atoms with E-state index in [1.165, 1.54) is 13.3 Å². The van der Waals surface area contributed by atoms with Crippen LogP contribution in [0.2, 0.25) is 5.02 Å². The van der Waals surface area contributed by atoms with E-state index in [0.717, 1.165) is 32.1 Å². The molecule has 3 N–H and O–H groups in total. The van der Waals surface area contributed by atoms with Crippen molar-refractivity contribution in [1.82, 2.24) is 10.2 Å². The second kappa shape index (κ2) is 11.0. The Balaban J connectivity index is 1.61. The molecule has 2 atom stereocenters. The highest BCUT2D eigenvalue weighted by Gasteiger charge is 2.38. The highest BCUT2D eigenvalue weighted by molar-refractivity contribution is 6.30. The van der Waals surface area contributed by atoms with Gasteiger partial charge < -0.3 is 20.7 Å². The fourth-order valence-electron chi connectivity index (χ4n) is 4.50. The summed E-state index contributed by atoms with van der Waals surface area (Å²) in [5.41, 5.74) is 6.99. The zero-order chi connectivity index (χ0) is 22.4. The first-order valence-electron chi connectivity index (χ1n) is 11.1. The Kier molecular flexibility index (Phi) is 8.32. The average molecular weight is 450 g/mol. The number of carbonyl (C=O) groups excluding carboxylic acids is 3. The number of carbonyl (C=O) groups is 3. The molecule has 0 aromatic heterocycles. The standard InChI is InChI=1S/C23H32ClN3O4/c1-15(28)14-31-20-10-9-18(24)12-17(20)13-26-22(29)19-8-5-11-27(19)23(30)21(25)16-6-3-2-4-7-16/h9-10,12,16,19,21H,2-8,11,13-14,25H2,1H3,(H,26,29)/t19-,21+/m0/s1. The molecule has 1 heterocycles. The highest BCUT2D eigenvalue weighted by atomic mass is 35.5. The fourth-order valence-corrected chi connectivity index (χ4v) is 4.69. The monoisotopic (exact) mass is 449 g/mol. The van der Waals surface area contributed by atoms with Gasteiger partial charge in [-0.1, -0.05) is 30.9 Å². The molecular weight excluding hydrogens is 418 g/mol. The quantitative estimate of drug-likeness (QED) is 0.635. The molecule has 1 saturated heterocycles. The molecule has 8 heteroatoms. The van der Waals surface area contributed by atoms with Crippen LogP contribution < -0.4 is 15.8 Å². The number of nitrogens with one attached hydrogen (secondary N) is 1. The Labute approximate surface area is 188 Å². The van der Waals surface area contributed by atoms with Gasteiger partial charge in [-0.15, -0.1) is 0 Å². The first kappa shape index (κ1) is 23.5. The minimum absolute atomic E-state index is 0.0491. The smallest absolute Gasteiger partial charge is 0.243 e. The van der Waals surface area contributed by atoms with E-state index in [-0.39, 0.29) is 36.7 Å². The summed E-state index contributed by atoms with van der Waals surface area (Å²) >= 11 is 6.09. The lowest BCUT2D eigenvalue weighted by molar-refractivity contribution is -0.140. The third-order valence-electron chi connectivity index (χ3n) is 6.19. The minimum atomic E-state index is -0.534. The lowest BCUT2D eigenvalue weighted by Gasteiger charge is -2.32. The molecule has 2 aliphatic rings. The normalized spacial score (nSPS) is 20.4. The van der Waals surface area contributed by atoms with Crippen LogP contribution in [-0.2, 0) is 20.9 Å². The van der Waals surface area contributed by atoms with E-state index in [1.807, 2.05) is 0 Å². The zero-order valence-corrected chi connectivity index (χ0v) is 18.8. The predicted octanol–water partition coefficient (Wildman–Crippen LogP) is 2.82. The van der Waals surface area contributed by atoms with Crippen LogP contribution in [0, 0.1) is 5.92 Å². The number of ether oxygens (including phenoxy) is 1. The van der Waals surface area contributed by atoms with Gasteiger partial charge in [0.2, 0.25) is 11.8 Å². The van der Waals surface area contributed by atoms with Crippen molar-refractivity contribution in [3.8, 4) is 5.75 Å². The van der Waals surface area contributed by atoms with E-state index in [2.05, 4.69) is 5.32 Å². The number of nitrogens with zero attached hydrogens (tertiary/aromatic N) is 1. The molecule has 1 aromatic carbocycles. The number of ketones is 1. The molecule has 2 fully saturated rings. The van der Waals surface area contributed by atoms with E-state index < -0.39 is 12.1 Å². The van der Waals surface area contributed by atoms with Crippen molar-refractivity contribution in [2.24, 2.45) is 11.7 Å². The third kappa shape index (κ3) is 6.20. The van der Waals surface area contributed by atoms with E-state index >= 15 is 0 Å². The number of nitrogens with two attached hydrogens (primary N) is 1. The topological polar surface area (TPSA) is 102 Å². The number of hydrogen-bond donors (Lipinski definition) is 2. The average Bonchev–Trinajstić information content (AvgIpc) is 3.26. The molecule has 7 nitrogen and oxygen atoms in total. The number of rotatable bonds is 8. The molecule has 1 aromatic rings. The van der Waals surface area contributed by atoms with Crippen molar-refractivity contribution in [2.75, 3.05) is 13.2 Å². The summed E-state index contributed by atoms with van der Waals surface area (Å²) < 4.78 is 5.53. The molecule has 0 bridgehead atoms. The predicted molar refractivity (Wildman–Crippen MR) is 119 cm³/mol. The Hall–Kier alpha value is -2.12. The molecule has 3 rings (SSSR count). The number of amides is 2. The van der Waals surface area contributed by atoms with E-state index in [4.69, 9.17) is 22.1 Å². The largest absolute Gasteiger partial charge is 0.485 e. The molecule has 0 unspecified atom stereocenters. The second-order valence-corrected chi connectivity index (χ2v) is 9.01. The Morgan fingerprint density at radius 3 is 2.65 bits per heavy atom. The summed E-state index contributed by atoms with van der Waals surface area (Å²) in [6, 6.07) is 4.01. The maximum atomic E-state index is 13.0. The van der Waals surface area contributed by atoms with Gasteiger partial charge in [-0.05, 0) is 56.7 Å². The van der Waals surface area contributed by atoms with Gasteiger partial charge in [-0.2, -0.15) is 0 Å². The summed E-state index contributed by atoms with van der Waals surface area (Å²) in [6.07, 6.45) is 6.80. The number of benzene rings is 1. The van der Waals surface area contributed by atoms with Crippen molar-refractivity contribution in [3.63, 3.8) is 0 Å². The van der Waals surface area contributed by atoms with Gasteiger partial charge >= 0.3 is 0 Å². The van der Waals surface area contributed by atoms with Crippen LogP contribution >= 0.6 is 11.6 Å². The van der Waals surface area contributed by atoms with E-state index in [0.29, 0.717) is 29.3 Å². The summed E-state index contributed by atoms with van der Waals surface area (Å²) in [7, 11) is 0. The number of hydrogen-bond acceptors (Lipinski definition) is 5. The molecule has 0 radical (unpaired) electrons. The van der Waals surface area contributed by atoms with Crippen LogP contribution in [0.1, 0.15) is 57.4 Å². The van der Waals surface area contributed by atoms with Crippen LogP contribution in [0.25, 0.3) is 0 Å². The second-order valence-electron chi connectivity index (χ2n) is 8.57. The van der Waals surface area contributed by atoms with Crippen LogP contribution in [0.15, 0.2) is 18.2 Å². The van der Waals surface area contributed by atoms with Crippen molar-refractivity contribution < 1.29 is 19.1 Å². The molecule has 31 heavy (non-hydrogen) atoms. The summed E-state index contributed by atoms with van der Waals surface area (Å²) in [6.45, 7) is 2.15. The molecule has 0 spiro atoms. The maximum Gasteiger partial charge on any atom is 0.243 e. The molecule has 170 valence electrons. The van der Waals surface area contributed by atoms with Crippen LogP contribution in [0.3, 0.4) is 0 Å². The van der Waals surface area contributed by atoms with Crippen molar-refractivity contribution in [3.05, 3.63) is 28.8 Å². The number of Topliss-reactive ketones (excluding diaryl/α,β-unsaturated/α-hetero) is 1. The van der Waals surface area contributed by atoms with Gasteiger partial charge in [-0.25, -0.2) is 0 Å². The van der Waals surface area contributed by atoms with Gasteiger partial charge in [0.15, 0.2) is 5.78 Å². The first-order chi connectivity index (χ1) is 14.9. The fraction of sp³-hybridized carbons (Fsp3) is 0.609. The Morgan fingerprint density at radius 2 is 1.94 bits per heavy atom. The molecule has 1 aliphatic carbocycles. The van der Waals surface area contributed by atoms with Gasteiger partial charge in [0.25, 0.3) is 0 Å². The zero-order valence-electron chi connectivity index (χ0n) is 18.1. The summed E-state index contributed by atoms with van der Waals surface area (Å²) in [5.74, 6) is 0.285. The third-order valence-corrected chi connectivity index (χ3v) is 6.42. The van der Waals surface area contributed by atoms with Crippen LogP contribution in [0.5, 0.6) is 5.75 Å². The summed E-state index contributed by atoms with van der Waals surface area (Å²) in [4.78, 5) is 38.8. The summed E-state index contributed by atoms with van der Waals surface area (Å²) in [5, 5.41) is 3.41. The lowest BCUT2D eigenvalue weighted by Crippen LogP contribution is -2.53. The minimum Gasteiger partial charge on any atom is -0.485 e. The lowest BCUT2D eigenvalue weighted by atomic mass is 9.83. The maximum absolute atomic E-state index is 13.0. The van der Waals surface area contributed by atoms with Crippen LogP contribution in [0.4, 0.5) is 0 Å². The van der Waals surface area contributed by atoms with Gasteiger partial charge in [0, 0.05) is 23.7 Å².